The molecule has 92 valence electrons. The Bertz CT molecular complexity index is 691. The highest BCUT2D eigenvalue weighted by Gasteiger charge is 2.07. The van der Waals surface area contributed by atoms with Crippen LogP contribution in [0.1, 0.15) is 17.3 Å². The van der Waals surface area contributed by atoms with Crippen LogP contribution in [0.2, 0.25) is 0 Å². The number of para-hydroxylation sites is 1. The van der Waals surface area contributed by atoms with E-state index < -0.39 is 0 Å². The molecule has 18 heavy (non-hydrogen) atoms. The Morgan fingerprint density at radius 3 is 2.83 bits per heavy atom. The molecular weight excluding hydrogens is 250 g/mol. The van der Waals surface area contributed by atoms with Crippen LogP contribution in [0, 0.1) is 0 Å². The molecule has 0 bridgehead atoms. The smallest absolute Gasteiger partial charge is 0.247 e. The molecule has 0 saturated heterocycles. The molecule has 0 amide bonds. The van der Waals surface area contributed by atoms with Crippen molar-refractivity contribution >= 4 is 34.1 Å². The first kappa shape index (κ1) is 12.3. The number of hydrogen-bond donors (Lipinski definition) is 2. The van der Waals surface area contributed by atoms with Gasteiger partial charge in [-0.25, -0.2) is 0 Å². The SMILES string of the molecule is CC(=O)c1cc2ccccc2oc1=NNC(N)=S. The fraction of sp³-hybridized carbons (Fsp3) is 0.0833. The molecular formula is C12H11N3O2S. The number of nitrogens with zero attached hydrogens (tertiary/aromatic N) is 1. The number of ketones is 1. The van der Waals surface area contributed by atoms with Gasteiger partial charge >= 0.3 is 0 Å². The lowest BCUT2D eigenvalue weighted by Crippen LogP contribution is -2.28. The van der Waals surface area contributed by atoms with Gasteiger partial charge in [0, 0.05) is 5.39 Å². The van der Waals surface area contributed by atoms with Crippen molar-refractivity contribution in [3.05, 3.63) is 41.4 Å². The number of rotatable bonds is 2. The van der Waals surface area contributed by atoms with Gasteiger partial charge in [-0.3, -0.25) is 10.2 Å². The lowest BCUT2D eigenvalue weighted by molar-refractivity contribution is 0.101. The number of fused-ring (bicyclic) bond motifs is 1. The Labute approximate surface area is 108 Å². The number of hydrogen-bond acceptors (Lipinski definition) is 4. The van der Waals surface area contributed by atoms with Crippen molar-refractivity contribution in [1.29, 1.82) is 0 Å². The average Bonchev–Trinajstić information content (AvgIpc) is 2.35. The minimum atomic E-state index is -0.145. The molecule has 2 rings (SSSR count). The maximum atomic E-state index is 11.5. The molecule has 0 radical (unpaired) electrons. The molecule has 0 fully saturated rings. The van der Waals surface area contributed by atoms with E-state index in [1.807, 2.05) is 18.2 Å². The Balaban J connectivity index is 2.69. The second-order valence-corrected chi connectivity index (χ2v) is 4.09. The Kier molecular flexibility index (Phi) is 3.38. The van der Waals surface area contributed by atoms with Crippen LogP contribution in [0.4, 0.5) is 0 Å². The van der Waals surface area contributed by atoms with Gasteiger partial charge in [-0.05, 0) is 31.3 Å². The average molecular weight is 261 g/mol. The first-order valence-electron chi connectivity index (χ1n) is 5.21. The molecule has 0 aliphatic rings. The van der Waals surface area contributed by atoms with Gasteiger partial charge in [-0.15, -0.1) is 5.10 Å². The zero-order valence-corrected chi connectivity index (χ0v) is 10.5. The van der Waals surface area contributed by atoms with Crippen molar-refractivity contribution in [1.82, 2.24) is 5.43 Å². The number of nitrogens with one attached hydrogen (secondary N) is 1. The fourth-order valence-corrected chi connectivity index (χ4v) is 1.56. The van der Waals surface area contributed by atoms with Gasteiger partial charge in [-0.1, -0.05) is 18.2 Å². The molecule has 0 spiro atoms. The van der Waals surface area contributed by atoms with Crippen molar-refractivity contribution < 1.29 is 9.21 Å². The molecule has 1 aromatic carbocycles. The van der Waals surface area contributed by atoms with Crippen LogP contribution >= 0.6 is 12.2 Å². The van der Waals surface area contributed by atoms with E-state index in [9.17, 15) is 4.79 Å². The van der Waals surface area contributed by atoms with Gasteiger partial charge in [-0.2, -0.15) is 0 Å². The van der Waals surface area contributed by atoms with Gasteiger partial charge in [0.05, 0.1) is 5.56 Å². The Hall–Kier alpha value is -2.21. The molecule has 0 aliphatic carbocycles. The molecule has 5 nitrogen and oxygen atoms in total. The normalized spacial score (nSPS) is 11.5. The number of carbonyl (C=O) groups is 1. The minimum absolute atomic E-state index is 0.00728. The largest absolute Gasteiger partial charge is 0.436 e. The van der Waals surface area contributed by atoms with E-state index in [2.05, 4.69) is 22.7 Å². The second-order valence-electron chi connectivity index (χ2n) is 3.65. The molecule has 3 N–H and O–H groups in total. The van der Waals surface area contributed by atoms with Crippen molar-refractivity contribution in [2.75, 3.05) is 0 Å². The van der Waals surface area contributed by atoms with E-state index in [1.165, 1.54) is 6.92 Å². The van der Waals surface area contributed by atoms with Crippen molar-refractivity contribution in [2.24, 2.45) is 10.8 Å². The van der Waals surface area contributed by atoms with Gasteiger partial charge in [0.1, 0.15) is 5.58 Å². The molecule has 0 atom stereocenters. The summed E-state index contributed by atoms with van der Waals surface area (Å²) in [7, 11) is 0. The van der Waals surface area contributed by atoms with Crippen LogP contribution in [0.25, 0.3) is 11.0 Å². The topological polar surface area (TPSA) is 80.6 Å². The summed E-state index contributed by atoms with van der Waals surface area (Å²) in [6.45, 7) is 1.44. The number of nitrogens with two attached hydrogens (primary N) is 1. The summed E-state index contributed by atoms with van der Waals surface area (Å²) < 4.78 is 5.54. The Morgan fingerprint density at radius 1 is 1.44 bits per heavy atom. The predicted molar refractivity (Wildman–Crippen MR) is 71.7 cm³/mol. The quantitative estimate of drug-likeness (QED) is 0.483. The van der Waals surface area contributed by atoms with Crippen molar-refractivity contribution in [3.8, 4) is 0 Å². The van der Waals surface area contributed by atoms with Crippen molar-refractivity contribution in [3.63, 3.8) is 0 Å². The van der Waals surface area contributed by atoms with Gasteiger partial charge < -0.3 is 10.2 Å². The van der Waals surface area contributed by atoms with E-state index in [-0.39, 0.29) is 16.4 Å². The third-order valence-corrected chi connectivity index (χ3v) is 2.39. The summed E-state index contributed by atoms with van der Waals surface area (Å²) in [5.74, 6) is -0.145. The van der Waals surface area contributed by atoms with Crippen molar-refractivity contribution in [2.45, 2.75) is 6.92 Å². The highest BCUT2D eigenvalue weighted by Crippen LogP contribution is 2.12. The van der Waals surface area contributed by atoms with E-state index in [4.69, 9.17) is 10.2 Å². The van der Waals surface area contributed by atoms with E-state index in [0.717, 1.165) is 5.39 Å². The molecule has 6 heteroatoms. The zero-order valence-electron chi connectivity index (χ0n) is 9.64. The third-order valence-electron chi connectivity index (χ3n) is 2.30. The third kappa shape index (κ3) is 2.54. The summed E-state index contributed by atoms with van der Waals surface area (Å²) in [6, 6.07) is 9.08. The minimum Gasteiger partial charge on any atom is -0.436 e. The maximum Gasteiger partial charge on any atom is 0.247 e. The van der Waals surface area contributed by atoms with E-state index in [0.29, 0.717) is 11.1 Å². The highest BCUT2D eigenvalue weighted by atomic mass is 32.1. The molecule has 1 aromatic heterocycles. The number of benzene rings is 1. The van der Waals surface area contributed by atoms with Gasteiger partial charge in [0.15, 0.2) is 10.9 Å². The van der Waals surface area contributed by atoms with Gasteiger partial charge in [0.25, 0.3) is 0 Å². The second kappa shape index (κ2) is 4.97. The molecule has 1 heterocycles. The monoisotopic (exact) mass is 261 g/mol. The summed E-state index contributed by atoms with van der Waals surface area (Å²) >= 11 is 4.65. The fourth-order valence-electron chi connectivity index (χ4n) is 1.51. The Morgan fingerprint density at radius 2 is 2.17 bits per heavy atom. The summed E-state index contributed by atoms with van der Waals surface area (Å²) in [5.41, 5.74) is 8.85. The lowest BCUT2D eigenvalue weighted by atomic mass is 10.1. The molecule has 0 aliphatic heterocycles. The molecule has 0 unspecified atom stereocenters. The van der Waals surface area contributed by atoms with Crippen LogP contribution in [0.15, 0.2) is 39.9 Å². The van der Waals surface area contributed by atoms with Crippen LogP contribution in [-0.2, 0) is 0 Å². The maximum absolute atomic E-state index is 11.5. The number of Topliss-reactive ketones (excluding diaryl/α,β-unsaturated/α-hetero) is 1. The number of thiocarbonyl (C=S) groups is 1. The summed E-state index contributed by atoms with van der Waals surface area (Å²) in [4.78, 5) is 11.5. The lowest BCUT2D eigenvalue weighted by Gasteiger charge is -2.01. The molecule has 0 saturated carbocycles. The standard InChI is InChI=1S/C12H11N3O2S/c1-7(16)9-6-8-4-2-3-5-10(8)17-11(9)14-15-12(13)18/h2-6H,1H3,(H3,13,15,18). The van der Waals surface area contributed by atoms with Crippen LogP contribution < -0.4 is 16.7 Å². The van der Waals surface area contributed by atoms with Crippen LogP contribution in [0.5, 0.6) is 0 Å². The van der Waals surface area contributed by atoms with Gasteiger partial charge in [0.2, 0.25) is 5.55 Å². The number of carbonyl (C=O) groups excluding carboxylic acids is 1. The van der Waals surface area contributed by atoms with E-state index in [1.54, 1.807) is 12.1 Å². The van der Waals surface area contributed by atoms with Crippen LogP contribution in [0.3, 0.4) is 0 Å². The molecule has 2 aromatic rings. The zero-order chi connectivity index (χ0) is 13.1. The highest BCUT2D eigenvalue weighted by molar-refractivity contribution is 7.80. The first-order chi connectivity index (χ1) is 8.58. The van der Waals surface area contributed by atoms with Crippen LogP contribution in [-0.4, -0.2) is 10.9 Å². The summed E-state index contributed by atoms with van der Waals surface area (Å²) in [6.07, 6.45) is 0. The predicted octanol–water partition coefficient (Wildman–Crippen LogP) is 1.28. The van der Waals surface area contributed by atoms with E-state index >= 15 is 0 Å². The first-order valence-corrected chi connectivity index (χ1v) is 5.62. The summed E-state index contributed by atoms with van der Waals surface area (Å²) in [5, 5.41) is 4.71.